The molecule has 0 amide bonds. The van der Waals surface area contributed by atoms with Gasteiger partial charge in [-0.1, -0.05) is 18.6 Å². The molecule has 5 aliphatic rings. The second kappa shape index (κ2) is 6.02. The number of rotatable bonds is 2. The van der Waals surface area contributed by atoms with Crippen molar-refractivity contribution >= 4 is 12.3 Å². The molecule has 152 valence electrons. The SMILES string of the molecule is C[C@@]12CC[C@@H]3[C@H](CCC4=C[C@H](O)CC[C@@]43C=O)[C@@]1(O)CC[C@H]2C1=CC(=O)OC1. The van der Waals surface area contributed by atoms with Gasteiger partial charge in [-0.05, 0) is 74.7 Å². The van der Waals surface area contributed by atoms with Gasteiger partial charge in [-0.15, -0.1) is 0 Å². The van der Waals surface area contributed by atoms with Crippen LogP contribution in [0.2, 0.25) is 0 Å². The zero-order valence-corrected chi connectivity index (χ0v) is 16.5. The predicted octanol–water partition coefficient (Wildman–Crippen LogP) is 2.70. The number of carbonyl (C=O) groups is 2. The lowest BCUT2D eigenvalue weighted by atomic mass is 9.45. The Morgan fingerprint density at radius 1 is 1.14 bits per heavy atom. The molecule has 4 aliphatic carbocycles. The maximum Gasteiger partial charge on any atom is 0.331 e. The minimum Gasteiger partial charge on any atom is -0.458 e. The molecule has 2 N–H and O–H groups in total. The molecule has 0 unspecified atom stereocenters. The van der Waals surface area contributed by atoms with E-state index < -0.39 is 17.1 Å². The third-order valence-corrected chi connectivity index (χ3v) is 9.22. The Morgan fingerprint density at radius 2 is 1.96 bits per heavy atom. The van der Waals surface area contributed by atoms with Crippen molar-refractivity contribution in [1.82, 2.24) is 0 Å². The summed E-state index contributed by atoms with van der Waals surface area (Å²) in [6, 6.07) is 0. The van der Waals surface area contributed by atoms with Crippen molar-refractivity contribution in [3.8, 4) is 0 Å². The Kier molecular flexibility index (Phi) is 3.99. The molecule has 5 heteroatoms. The molecular formula is C23H30O5. The van der Waals surface area contributed by atoms with Crippen LogP contribution in [0.15, 0.2) is 23.3 Å². The summed E-state index contributed by atoms with van der Waals surface area (Å²) in [4.78, 5) is 24.0. The summed E-state index contributed by atoms with van der Waals surface area (Å²) in [6.07, 6.45) is 10.5. The molecule has 0 saturated heterocycles. The minimum atomic E-state index is -0.815. The van der Waals surface area contributed by atoms with E-state index in [1.165, 1.54) is 0 Å². The van der Waals surface area contributed by atoms with Crippen molar-refractivity contribution in [2.24, 2.45) is 28.6 Å². The molecule has 1 heterocycles. The summed E-state index contributed by atoms with van der Waals surface area (Å²) in [5.41, 5.74) is 0.520. The molecule has 0 bridgehead atoms. The number of allylic oxidation sites excluding steroid dienone is 1. The number of ether oxygens (including phenoxy) is 1. The van der Waals surface area contributed by atoms with Crippen molar-refractivity contribution in [2.45, 2.75) is 70.0 Å². The van der Waals surface area contributed by atoms with Crippen LogP contribution >= 0.6 is 0 Å². The topological polar surface area (TPSA) is 83.8 Å². The third kappa shape index (κ3) is 2.20. The molecule has 0 spiro atoms. The molecule has 7 atom stereocenters. The number of cyclic esters (lactones) is 1. The van der Waals surface area contributed by atoms with Crippen molar-refractivity contribution in [3.63, 3.8) is 0 Å². The van der Waals surface area contributed by atoms with E-state index in [2.05, 4.69) is 6.92 Å². The van der Waals surface area contributed by atoms with Crippen LogP contribution in [-0.4, -0.2) is 40.8 Å². The molecular weight excluding hydrogens is 356 g/mol. The van der Waals surface area contributed by atoms with Gasteiger partial charge in [-0.25, -0.2) is 4.79 Å². The fraction of sp³-hybridized carbons (Fsp3) is 0.739. The van der Waals surface area contributed by atoms with Gasteiger partial charge in [0.2, 0.25) is 0 Å². The van der Waals surface area contributed by atoms with Gasteiger partial charge in [0.05, 0.1) is 17.1 Å². The Bertz CT molecular complexity index is 784. The number of aliphatic hydroxyl groups is 2. The Balaban J connectivity index is 1.52. The van der Waals surface area contributed by atoms with Gasteiger partial charge in [0.25, 0.3) is 0 Å². The Labute approximate surface area is 165 Å². The van der Waals surface area contributed by atoms with Crippen molar-refractivity contribution in [3.05, 3.63) is 23.3 Å². The predicted molar refractivity (Wildman–Crippen MR) is 102 cm³/mol. The lowest BCUT2D eigenvalue weighted by Crippen LogP contribution is -2.61. The first-order valence-electron chi connectivity index (χ1n) is 10.8. The van der Waals surface area contributed by atoms with E-state index in [4.69, 9.17) is 4.74 Å². The van der Waals surface area contributed by atoms with Crippen LogP contribution < -0.4 is 0 Å². The Morgan fingerprint density at radius 3 is 2.68 bits per heavy atom. The number of aldehydes is 1. The first kappa shape index (κ1) is 18.6. The maximum atomic E-state index is 12.4. The van der Waals surface area contributed by atoms with E-state index in [1.54, 1.807) is 6.08 Å². The van der Waals surface area contributed by atoms with E-state index in [0.717, 1.165) is 56.0 Å². The van der Waals surface area contributed by atoms with Crippen LogP contribution in [0.25, 0.3) is 0 Å². The monoisotopic (exact) mass is 386 g/mol. The zero-order valence-electron chi connectivity index (χ0n) is 16.5. The lowest BCUT2D eigenvalue weighted by molar-refractivity contribution is -0.183. The highest BCUT2D eigenvalue weighted by Crippen LogP contribution is 2.69. The summed E-state index contributed by atoms with van der Waals surface area (Å²) in [5, 5.41) is 22.2. The van der Waals surface area contributed by atoms with Crippen LogP contribution in [-0.2, 0) is 14.3 Å². The van der Waals surface area contributed by atoms with Gasteiger partial charge in [0.1, 0.15) is 12.9 Å². The van der Waals surface area contributed by atoms with E-state index in [9.17, 15) is 19.8 Å². The van der Waals surface area contributed by atoms with Crippen molar-refractivity contribution in [2.75, 3.05) is 6.61 Å². The largest absolute Gasteiger partial charge is 0.458 e. The molecule has 0 radical (unpaired) electrons. The van der Waals surface area contributed by atoms with Gasteiger partial charge in [-0.3, -0.25) is 0 Å². The Hall–Kier alpha value is -1.46. The van der Waals surface area contributed by atoms with Crippen LogP contribution in [0.1, 0.15) is 58.3 Å². The number of fused-ring (bicyclic) bond motifs is 5. The van der Waals surface area contributed by atoms with Crippen LogP contribution in [0.4, 0.5) is 0 Å². The average Bonchev–Trinajstić information content (AvgIpc) is 3.22. The maximum absolute atomic E-state index is 12.4. The number of esters is 1. The highest BCUT2D eigenvalue weighted by atomic mass is 16.5. The van der Waals surface area contributed by atoms with Gasteiger partial charge >= 0.3 is 5.97 Å². The van der Waals surface area contributed by atoms with E-state index >= 15 is 0 Å². The first-order valence-corrected chi connectivity index (χ1v) is 10.8. The molecule has 1 aliphatic heterocycles. The summed E-state index contributed by atoms with van der Waals surface area (Å²) in [7, 11) is 0. The second-order valence-electron chi connectivity index (χ2n) is 10.0. The summed E-state index contributed by atoms with van der Waals surface area (Å²) < 4.78 is 5.17. The highest BCUT2D eigenvalue weighted by Gasteiger charge is 2.67. The fourth-order valence-corrected chi connectivity index (χ4v) is 7.79. The van der Waals surface area contributed by atoms with E-state index in [1.807, 2.05) is 6.08 Å². The molecule has 0 aromatic carbocycles. The van der Waals surface area contributed by atoms with Gasteiger partial charge in [-0.2, -0.15) is 0 Å². The van der Waals surface area contributed by atoms with Gasteiger partial charge in [0, 0.05) is 11.5 Å². The zero-order chi connectivity index (χ0) is 19.7. The normalized spacial score (nSPS) is 50.0. The number of hydrogen-bond donors (Lipinski definition) is 2. The smallest absolute Gasteiger partial charge is 0.331 e. The number of hydrogen-bond acceptors (Lipinski definition) is 5. The second-order valence-corrected chi connectivity index (χ2v) is 10.0. The van der Waals surface area contributed by atoms with E-state index in [-0.39, 0.29) is 29.1 Å². The average molecular weight is 386 g/mol. The molecule has 0 aromatic heterocycles. The van der Waals surface area contributed by atoms with Crippen LogP contribution in [0.3, 0.4) is 0 Å². The highest BCUT2D eigenvalue weighted by molar-refractivity contribution is 5.85. The molecule has 3 saturated carbocycles. The van der Waals surface area contributed by atoms with Gasteiger partial charge < -0.3 is 19.7 Å². The number of carbonyl (C=O) groups excluding carboxylic acids is 2. The molecule has 5 rings (SSSR count). The molecule has 5 nitrogen and oxygen atoms in total. The number of aliphatic hydroxyl groups excluding tert-OH is 1. The first-order chi connectivity index (χ1) is 13.3. The summed E-state index contributed by atoms with van der Waals surface area (Å²) in [6.45, 7) is 2.54. The summed E-state index contributed by atoms with van der Waals surface area (Å²) in [5.74, 6) is 0.135. The van der Waals surface area contributed by atoms with Gasteiger partial charge in [0.15, 0.2) is 0 Å². The quantitative estimate of drug-likeness (QED) is 0.433. The molecule has 0 aromatic rings. The standard InChI is InChI=1S/C23H30O5/c1-21-7-5-18-19(3-2-15-11-16(25)4-8-22(15,18)13-24)23(21,27)9-6-17(21)14-10-20(26)28-12-14/h10-11,13,16-19,25,27H,2-9,12H2,1H3/t16-,17+,18-,19+,21+,22-,23+/m1/s1. The summed E-state index contributed by atoms with van der Waals surface area (Å²) >= 11 is 0. The van der Waals surface area contributed by atoms with E-state index in [0.29, 0.717) is 19.4 Å². The van der Waals surface area contributed by atoms with Crippen LogP contribution in [0.5, 0.6) is 0 Å². The van der Waals surface area contributed by atoms with Crippen molar-refractivity contribution in [1.29, 1.82) is 0 Å². The molecule has 28 heavy (non-hydrogen) atoms. The molecule has 3 fully saturated rings. The third-order valence-electron chi connectivity index (χ3n) is 9.22. The van der Waals surface area contributed by atoms with Crippen LogP contribution in [0, 0.1) is 28.6 Å². The lowest BCUT2D eigenvalue weighted by Gasteiger charge is -2.61. The fourth-order valence-electron chi connectivity index (χ4n) is 7.79. The van der Waals surface area contributed by atoms with Crippen molar-refractivity contribution < 1.29 is 24.5 Å². The minimum absolute atomic E-state index is 0.0902.